The van der Waals surface area contributed by atoms with Crippen LogP contribution in [0.15, 0.2) is 0 Å². The fourth-order valence-electron chi connectivity index (χ4n) is 0. The summed E-state index contributed by atoms with van der Waals surface area (Å²) in [7, 11) is 1.02. The van der Waals surface area contributed by atoms with Gasteiger partial charge in [0.25, 0.3) is 0 Å². The molecule has 0 atom stereocenters. The third-order valence-electron chi connectivity index (χ3n) is 0. The molecule has 0 aliphatic heterocycles. The summed E-state index contributed by atoms with van der Waals surface area (Å²) in [5, 5.41) is 0. The van der Waals surface area contributed by atoms with Crippen LogP contribution in [0.25, 0.3) is 0 Å². The second-order valence-electron chi connectivity index (χ2n) is 0.519. The highest BCUT2D eigenvalue weighted by Crippen LogP contribution is 1.83. The highest BCUT2D eigenvalue weighted by molar-refractivity contribution is 7.52. The molecule has 0 bridgehead atoms. The number of hydrogen-bond acceptors (Lipinski definition) is 0. The molecular formula is H5Cl2Si2+. The maximum atomic E-state index is 5.24. The lowest BCUT2D eigenvalue weighted by atomic mass is 27.0. The molecule has 0 heterocycles. The summed E-state index contributed by atoms with van der Waals surface area (Å²) >= 11 is 10.5. The quantitative estimate of drug-likeness (QED) is 0.312. The Morgan fingerprint density at radius 1 is 1.75 bits per heavy atom. The minimum absolute atomic E-state index is 0. The molecule has 0 nitrogen and oxygen atoms in total. The number of hydrogen-bond donors (Lipinski definition) is 0. The van der Waals surface area contributed by atoms with Crippen LogP contribution in [-0.2, 0) is 0 Å². The van der Waals surface area contributed by atoms with Crippen LogP contribution in [0, 0.1) is 0 Å². The van der Waals surface area contributed by atoms with Gasteiger partial charge in [-0.05, 0) is 0 Å². The molecule has 0 aliphatic carbocycles. The van der Waals surface area contributed by atoms with Gasteiger partial charge in [-0.2, -0.15) is 22.2 Å². The zero-order chi connectivity index (χ0) is 3.58. The van der Waals surface area contributed by atoms with Crippen molar-refractivity contribution in [1.29, 1.82) is 0 Å². The summed E-state index contributed by atoms with van der Waals surface area (Å²) in [6.07, 6.45) is 0. The van der Waals surface area contributed by atoms with E-state index in [0.717, 1.165) is 9.76 Å². The number of rotatable bonds is 0. The molecule has 0 spiro atoms. The van der Waals surface area contributed by atoms with Gasteiger partial charge in [-0.3, -0.25) is 0 Å². The first-order chi connectivity index (χ1) is 1.73. The molecule has 0 rings (SSSR count). The van der Waals surface area contributed by atoms with E-state index < -0.39 is 6.93 Å². The van der Waals surface area contributed by atoms with Crippen molar-refractivity contribution in [3.8, 4) is 0 Å². The van der Waals surface area contributed by atoms with Crippen LogP contribution >= 0.6 is 22.2 Å². The van der Waals surface area contributed by atoms with Crippen molar-refractivity contribution in [1.82, 2.24) is 0 Å². The van der Waals surface area contributed by atoms with E-state index in [2.05, 4.69) is 0 Å². The Labute approximate surface area is 40.8 Å². The molecule has 0 aromatic carbocycles. The molecule has 0 saturated heterocycles. The lowest BCUT2D eigenvalue weighted by molar-refractivity contribution is 4.05. The molecule has 0 aromatic rings. The Balaban J connectivity index is 0. The molecule has 0 aromatic heterocycles. The molecule has 4 heteroatoms. The normalized spacial score (nSPS) is 9.75. The summed E-state index contributed by atoms with van der Waals surface area (Å²) in [6.45, 7) is -1.06. The van der Waals surface area contributed by atoms with Crippen LogP contribution in [0.4, 0.5) is 0 Å². The van der Waals surface area contributed by atoms with Crippen LogP contribution in [0.2, 0.25) is 0 Å². The van der Waals surface area contributed by atoms with Gasteiger partial charge in [0.05, 0.1) is 0 Å². The van der Waals surface area contributed by atoms with Crippen LogP contribution in [-0.4, -0.2) is 16.7 Å². The first-order valence-corrected chi connectivity index (χ1v) is 9.12. The van der Waals surface area contributed by atoms with E-state index >= 15 is 0 Å². The van der Waals surface area contributed by atoms with Gasteiger partial charge in [-0.1, -0.05) is 0 Å². The molecule has 0 fully saturated rings. The molecule has 4 heavy (non-hydrogen) atoms. The fraction of sp³-hybridized carbons (Fsp3) is 0. The van der Waals surface area contributed by atoms with Crippen molar-refractivity contribution < 1.29 is 1.43 Å². The molecule has 0 aliphatic rings. The molecule has 0 amide bonds. The molecule has 0 unspecified atom stereocenters. The predicted molar refractivity (Wildman–Crippen MR) is 29.9 cm³/mol. The standard InChI is InChI=1S/Cl2H4Si2/c1-4(2)3/h4H,3H3/p+1. The molecule has 26 valence electrons. The van der Waals surface area contributed by atoms with Crippen molar-refractivity contribution in [2.75, 3.05) is 0 Å². The second kappa shape index (κ2) is 2.26. The van der Waals surface area contributed by atoms with Crippen molar-refractivity contribution in [2.24, 2.45) is 0 Å². The Bertz CT molecular complexity index is 12.4. The van der Waals surface area contributed by atoms with Crippen molar-refractivity contribution in [3.63, 3.8) is 0 Å². The van der Waals surface area contributed by atoms with Gasteiger partial charge in [-0.15, -0.1) is 0 Å². The van der Waals surface area contributed by atoms with E-state index in [-0.39, 0.29) is 1.43 Å². The van der Waals surface area contributed by atoms with Gasteiger partial charge in [0.15, 0.2) is 0 Å². The summed E-state index contributed by atoms with van der Waals surface area (Å²) < 4.78 is 0. The maximum Gasteiger partial charge on any atom is 1.00 e. The monoisotopic (exact) mass is 131 g/mol. The zero-order valence-electron chi connectivity index (χ0n) is 3.33. The molecular weight excluding hydrogens is 127 g/mol. The maximum absolute atomic E-state index is 5.24. The Kier molecular flexibility index (Phi) is 2.84. The first kappa shape index (κ1) is 5.01. The van der Waals surface area contributed by atoms with Gasteiger partial charge in [-0.25, -0.2) is 0 Å². The van der Waals surface area contributed by atoms with Gasteiger partial charge < -0.3 is 0 Å². The van der Waals surface area contributed by atoms with Gasteiger partial charge in [0.2, 0.25) is 6.93 Å². The van der Waals surface area contributed by atoms with Gasteiger partial charge >= 0.3 is 1.43 Å². The third-order valence-corrected chi connectivity index (χ3v) is 0. The first-order valence-electron chi connectivity index (χ1n) is 1.01. The number of halogens is 2. The largest absolute Gasteiger partial charge is 1.00 e. The highest BCUT2D eigenvalue weighted by Gasteiger charge is 1.80. The van der Waals surface area contributed by atoms with E-state index in [0.29, 0.717) is 0 Å². The van der Waals surface area contributed by atoms with E-state index in [1.807, 2.05) is 0 Å². The Morgan fingerprint density at radius 3 is 1.75 bits per heavy atom. The molecule has 0 saturated carbocycles. The fourth-order valence-corrected chi connectivity index (χ4v) is 0. The summed E-state index contributed by atoms with van der Waals surface area (Å²) in [6, 6.07) is 0. The second-order valence-corrected chi connectivity index (χ2v) is 14.0. The van der Waals surface area contributed by atoms with Crippen LogP contribution in [0.3, 0.4) is 0 Å². The minimum atomic E-state index is -1.06. The van der Waals surface area contributed by atoms with E-state index in [4.69, 9.17) is 22.2 Å². The average molecular weight is 132 g/mol. The van der Waals surface area contributed by atoms with E-state index in [9.17, 15) is 0 Å². The third kappa shape index (κ3) is 11.9. The van der Waals surface area contributed by atoms with E-state index in [1.165, 1.54) is 0 Å². The van der Waals surface area contributed by atoms with Crippen LogP contribution < -0.4 is 0 Å². The summed E-state index contributed by atoms with van der Waals surface area (Å²) in [5.41, 5.74) is 0. The lowest BCUT2D eigenvalue weighted by Gasteiger charge is -1.68. The smallest absolute Gasteiger partial charge is 0.155 e. The topological polar surface area (TPSA) is 0 Å². The lowest BCUT2D eigenvalue weighted by Crippen LogP contribution is -1.85. The molecule has 0 N–H and O–H groups in total. The Hall–Kier alpha value is 1.01. The van der Waals surface area contributed by atoms with Crippen molar-refractivity contribution in [2.45, 2.75) is 0 Å². The zero-order valence-corrected chi connectivity index (χ0v) is 7.00. The van der Waals surface area contributed by atoms with Gasteiger partial charge in [0.1, 0.15) is 0 Å². The van der Waals surface area contributed by atoms with Crippen LogP contribution in [0.5, 0.6) is 0 Å². The SMILES string of the molecule is [H+].[SiH3][SiH](Cl)Cl. The van der Waals surface area contributed by atoms with Gasteiger partial charge in [0, 0.05) is 9.76 Å². The average Bonchev–Trinajstić information content (AvgIpc) is 0.811. The van der Waals surface area contributed by atoms with Crippen molar-refractivity contribution in [3.05, 3.63) is 0 Å². The predicted octanol–water partition coefficient (Wildman–Crippen LogP) is -0.341. The van der Waals surface area contributed by atoms with Crippen LogP contribution in [0.1, 0.15) is 1.43 Å². The highest BCUT2D eigenvalue weighted by atomic mass is 35.7. The van der Waals surface area contributed by atoms with E-state index in [1.54, 1.807) is 0 Å². The summed E-state index contributed by atoms with van der Waals surface area (Å²) in [4.78, 5) is 0. The Morgan fingerprint density at radius 2 is 1.75 bits per heavy atom. The summed E-state index contributed by atoms with van der Waals surface area (Å²) in [5.74, 6) is 0. The minimum Gasteiger partial charge on any atom is -0.155 e. The van der Waals surface area contributed by atoms with Crippen molar-refractivity contribution >= 4 is 38.9 Å². The molecule has 0 radical (unpaired) electrons.